The van der Waals surface area contributed by atoms with Gasteiger partial charge >= 0.3 is 5.69 Å². The van der Waals surface area contributed by atoms with Crippen LogP contribution >= 0.6 is 0 Å². The SMILES string of the molecule is Cc1nccc(CNc2cc(F)cc(F)c2[N+](=O)[O-])n1. The molecule has 0 atom stereocenters. The van der Waals surface area contributed by atoms with Crippen LogP contribution in [0.1, 0.15) is 11.5 Å². The Balaban J connectivity index is 2.27. The maximum atomic E-state index is 13.4. The van der Waals surface area contributed by atoms with Gasteiger partial charge in [0.15, 0.2) is 0 Å². The van der Waals surface area contributed by atoms with Crippen LogP contribution in [0.25, 0.3) is 0 Å². The average Bonchev–Trinajstić information content (AvgIpc) is 2.35. The third-order valence-corrected chi connectivity index (χ3v) is 2.50. The normalized spacial score (nSPS) is 10.3. The number of halogens is 2. The van der Waals surface area contributed by atoms with E-state index < -0.39 is 22.2 Å². The monoisotopic (exact) mass is 280 g/mol. The molecule has 2 rings (SSSR count). The Hall–Kier alpha value is -2.64. The molecule has 0 saturated carbocycles. The van der Waals surface area contributed by atoms with Crippen molar-refractivity contribution < 1.29 is 13.7 Å². The first-order valence-corrected chi connectivity index (χ1v) is 5.63. The number of aryl methyl sites for hydroxylation is 1. The van der Waals surface area contributed by atoms with Gasteiger partial charge in [-0.3, -0.25) is 10.1 Å². The summed E-state index contributed by atoms with van der Waals surface area (Å²) in [5, 5.41) is 13.4. The lowest BCUT2D eigenvalue weighted by atomic mass is 10.2. The molecule has 104 valence electrons. The van der Waals surface area contributed by atoms with Crippen molar-refractivity contribution in [1.82, 2.24) is 9.97 Å². The minimum absolute atomic E-state index is 0.0904. The molecule has 0 aliphatic rings. The van der Waals surface area contributed by atoms with Crippen LogP contribution in [0.15, 0.2) is 24.4 Å². The number of nitro groups is 1. The largest absolute Gasteiger partial charge is 0.374 e. The van der Waals surface area contributed by atoms with Crippen molar-refractivity contribution in [1.29, 1.82) is 0 Å². The van der Waals surface area contributed by atoms with Gasteiger partial charge in [-0.05, 0) is 13.0 Å². The lowest BCUT2D eigenvalue weighted by molar-refractivity contribution is -0.386. The van der Waals surface area contributed by atoms with Crippen molar-refractivity contribution in [2.75, 3.05) is 5.32 Å². The minimum atomic E-state index is -1.23. The fourth-order valence-corrected chi connectivity index (χ4v) is 1.68. The van der Waals surface area contributed by atoms with Crippen LogP contribution in [0.5, 0.6) is 0 Å². The number of nitrogens with one attached hydrogen (secondary N) is 1. The summed E-state index contributed by atoms with van der Waals surface area (Å²) in [6, 6.07) is 2.94. The molecule has 0 aliphatic carbocycles. The summed E-state index contributed by atoms with van der Waals surface area (Å²) in [4.78, 5) is 17.9. The van der Waals surface area contributed by atoms with E-state index in [2.05, 4.69) is 15.3 Å². The van der Waals surface area contributed by atoms with Crippen LogP contribution in [0.2, 0.25) is 0 Å². The Morgan fingerprint density at radius 1 is 1.40 bits per heavy atom. The Morgan fingerprint density at radius 2 is 2.15 bits per heavy atom. The molecule has 6 nitrogen and oxygen atoms in total. The first kappa shape index (κ1) is 13.8. The van der Waals surface area contributed by atoms with Gasteiger partial charge in [0, 0.05) is 18.3 Å². The number of anilines is 1. The number of aromatic nitrogens is 2. The van der Waals surface area contributed by atoms with E-state index in [-0.39, 0.29) is 12.2 Å². The average molecular weight is 280 g/mol. The summed E-state index contributed by atoms with van der Waals surface area (Å²) >= 11 is 0. The van der Waals surface area contributed by atoms with Gasteiger partial charge in [0.05, 0.1) is 17.2 Å². The Labute approximate surface area is 112 Å². The van der Waals surface area contributed by atoms with Crippen LogP contribution in [0.4, 0.5) is 20.2 Å². The molecule has 0 saturated heterocycles. The Bertz CT molecular complexity index is 664. The van der Waals surface area contributed by atoms with E-state index in [9.17, 15) is 18.9 Å². The lowest BCUT2D eigenvalue weighted by Gasteiger charge is -2.07. The fraction of sp³-hybridized carbons (Fsp3) is 0.167. The van der Waals surface area contributed by atoms with E-state index in [4.69, 9.17) is 0 Å². The highest BCUT2D eigenvalue weighted by Gasteiger charge is 2.21. The highest BCUT2D eigenvalue weighted by Crippen LogP contribution is 2.29. The molecule has 0 unspecified atom stereocenters. The van der Waals surface area contributed by atoms with Crippen molar-refractivity contribution in [2.45, 2.75) is 13.5 Å². The maximum absolute atomic E-state index is 13.4. The number of nitro benzene ring substituents is 1. The van der Waals surface area contributed by atoms with E-state index in [0.717, 1.165) is 6.07 Å². The highest BCUT2D eigenvalue weighted by atomic mass is 19.1. The number of benzene rings is 1. The predicted octanol–water partition coefficient (Wildman–Crippen LogP) is 2.58. The van der Waals surface area contributed by atoms with Crippen molar-refractivity contribution in [3.8, 4) is 0 Å². The van der Waals surface area contributed by atoms with Crippen LogP contribution in [0, 0.1) is 28.7 Å². The van der Waals surface area contributed by atoms with E-state index in [0.29, 0.717) is 17.6 Å². The Morgan fingerprint density at radius 3 is 2.80 bits per heavy atom. The van der Waals surface area contributed by atoms with Crippen molar-refractivity contribution in [3.05, 3.63) is 57.7 Å². The molecule has 1 aromatic carbocycles. The highest BCUT2D eigenvalue weighted by molar-refractivity contribution is 5.62. The molecule has 1 N–H and O–H groups in total. The lowest BCUT2D eigenvalue weighted by Crippen LogP contribution is -2.07. The molecular weight excluding hydrogens is 270 g/mol. The van der Waals surface area contributed by atoms with Gasteiger partial charge in [0.25, 0.3) is 0 Å². The smallest absolute Gasteiger partial charge is 0.327 e. The molecular formula is C12H10F2N4O2. The van der Waals surface area contributed by atoms with Gasteiger partial charge in [-0.25, -0.2) is 14.4 Å². The standard InChI is InChI=1S/C12H10F2N4O2/c1-7-15-3-2-9(17-7)6-16-11-5-8(13)4-10(14)12(11)18(19)20/h2-5,16H,6H2,1H3. The zero-order chi connectivity index (χ0) is 14.7. The number of rotatable bonds is 4. The predicted molar refractivity (Wildman–Crippen MR) is 67.1 cm³/mol. The molecule has 0 radical (unpaired) electrons. The second-order valence-electron chi connectivity index (χ2n) is 3.99. The quantitative estimate of drug-likeness (QED) is 0.687. The maximum Gasteiger partial charge on any atom is 0.327 e. The van der Waals surface area contributed by atoms with Gasteiger partial charge < -0.3 is 5.32 Å². The van der Waals surface area contributed by atoms with Crippen LogP contribution < -0.4 is 5.32 Å². The van der Waals surface area contributed by atoms with E-state index in [1.807, 2.05) is 0 Å². The summed E-state index contributed by atoms with van der Waals surface area (Å²) in [6.45, 7) is 1.78. The zero-order valence-electron chi connectivity index (χ0n) is 10.4. The number of hydrogen-bond donors (Lipinski definition) is 1. The van der Waals surface area contributed by atoms with Crippen LogP contribution in [0.3, 0.4) is 0 Å². The summed E-state index contributed by atoms with van der Waals surface area (Å²) in [5.41, 5.74) is -0.475. The molecule has 8 heteroatoms. The molecule has 0 spiro atoms. The summed E-state index contributed by atoms with van der Waals surface area (Å²) in [5.74, 6) is -1.59. The fourth-order valence-electron chi connectivity index (χ4n) is 1.68. The molecule has 20 heavy (non-hydrogen) atoms. The van der Waals surface area contributed by atoms with Gasteiger partial charge in [-0.2, -0.15) is 4.39 Å². The van der Waals surface area contributed by atoms with Crippen LogP contribution in [-0.4, -0.2) is 14.9 Å². The summed E-state index contributed by atoms with van der Waals surface area (Å²) in [6.07, 6.45) is 1.53. The first-order valence-electron chi connectivity index (χ1n) is 5.63. The Kier molecular flexibility index (Phi) is 3.83. The second-order valence-corrected chi connectivity index (χ2v) is 3.99. The third kappa shape index (κ3) is 3.02. The van der Waals surface area contributed by atoms with Crippen LogP contribution in [-0.2, 0) is 6.54 Å². The second kappa shape index (κ2) is 5.55. The number of hydrogen-bond acceptors (Lipinski definition) is 5. The summed E-state index contributed by atoms with van der Waals surface area (Å²) in [7, 11) is 0. The van der Waals surface area contributed by atoms with Crippen molar-refractivity contribution >= 4 is 11.4 Å². The van der Waals surface area contributed by atoms with E-state index >= 15 is 0 Å². The molecule has 2 aromatic rings. The van der Waals surface area contributed by atoms with E-state index in [1.165, 1.54) is 6.20 Å². The van der Waals surface area contributed by atoms with E-state index in [1.54, 1.807) is 13.0 Å². The van der Waals surface area contributed by atoms with Gasteiger partial charge in [-0.15, -0.1) is 0 Å². The van der Waals surface area contributed by atoms with Crippen molar-refractivity contribution in [3.63, 3.8) is 0 Å². The third-order valence-electron chi connectivity index (χ3n) is 2.50. The van der Waals surface area contributed by atoms with Gasteiger partial charge in [-0.1, -0.05) is 0 Å². The van der Waals surface area contributed by atoms with Crippen molar-refractivity contribution in [2.24, 2.45) is 0 Å². The molecule has 1 heterocycles. The molecule has 0 amide bonds. The molecule has 1 aromatic heterocycles. The molecule has 0 fully saturated rings. The summed E-state index contributed by atoms with van der Waals surface area (Å²) < 4.78 is 26.5. The zero-order valence-corrected chi connectivity index (χ0v) is 10.4. The minimum Gasteiger partial charge on any atom is -0.374 e. The molecule has 0 bridgehead atoms. The number of nitrogens with zero attached hydrogens (tertiary/aromatic N) is 3. The van der Waals surface area contributed by atoms with Gasteiger partial charge in [0.2, 0.25) is 5.82 Å². The van der Waals surface area contributed by atoms with Gasteiger partial charge in [0.1, 0.15) is 17.3 Å². The topological polar surface area (TPSA) is 81.0 Å². The molecule has 0 aliphatic heterocycles. The first-order chi connectivity index (χ1) is 9.47.